The number of ether oxygens (including phenoxy) is 3. The van der Waals surface area contributed by atoms with E-state index in [9.17, 15) is 14.4 Å². The van der Waals surface area contributed by atoms with Crippen LogP contribution in [0.2, 0.25) is 0 Å². The van der Waals surface area contributed by atoms with E-state index in [0.717, 1.165) is 148 Å². The molecule has 6 nitrogen and oxygen atoms in total. The highest BCUT2D eigenvalue weighted by atomic mass is 16.6. The van der Waals surface area contributed by atoms with Gasteiger partial charge in [-0.05, 0) is 148 Å². The normalized spacial score (nSPS) is 13.0. The number of allylic oxidation sites excluding steroid dienone is 24. The van der Waals surface area contributed by atoms with Gasteiger partial charge in [0.1, 0.15) is 13.2 Å². The van der Waals surface area contributed by atoms with Crippen LogP contribution in [0.5, 0.6) is 0 Å². The summed E-state index contributed by atoms with van der Waals surface area (Å²) in [5.41, 5.74) is 0. The molecule has 0 radical (unpaired) electrons. The summed E-state index contributed by atoms with van der Waals surface area (Å²) in [6.07, 6.45) is 99.9. The standard InChI is InChI=1S/C77H126O6/c1-4-7-10-13-16-19-22-25-28-31-33-34-35-36-37-38-39-40-41-42-44-46-49-52-55-58-61-64-67-70-76(79)82-73-74(72-81-75(78)69-66-63-60-57-54-51-48-45-30-27-24-21-18-15-12-9-6-3)83-77(80)71-68-65-62-59-56-53-50-47-43-32-29-26-23-20-17-14-11-8-5-2/h7,10,16-17,19-20,25-30,33-34,36-37,39-40,42-44,47,49,52,74H,4-6,8-9,11-15,18,21-24,31-32,35,38,41,45-46,48,50-51,53-73H2,1-3H3/b10-7-,19-16-,20-17-,28-25-,29-26-,30-27-,34-33-,37-36-,40-39-,44-42-,47-43-,52-49-. The van der Waals surface area contributed by atoms with E-state index in [4.69, 9.17) is 14.2 Å². The van der Waals surface area contributed by atoms with Crippen molar-refractivity contribution in [3.63, 3.8) is 0 Å². The second-order valence-electron chi connectivity index (χ2n) is 22.3. The Hall–Kier alpha value is -4.71. The predicted octanol–water partition coefficient (Wildman–Crippen LogP) is 23.9. The molecule has 83 heavy (non-hydrogen) atoms. The predicted molar refractivity (Wildman–Crippen MR) is 362 cm³/mol. The van der Waals surface area contributed by atoms with Gasteiger partial charge in [0.05, 0.1) is 0 Å². The lowest BCUT2D eigenvalue weighted by atomic mass is 10.1. The van der Waals surface area contributed by atoms with Gasteiger partial charge in [-0.1, -0.05) is 282 Å². The number of rotatable bonds is 61. The fourth-order valence-electron chi connectivity index (χ4n) is 9.17. The number of esters is 3. The zero-order valence-corrected chi connectivity index (χ0v) is 53.9. The van der Waals surface area contributed by atoms with Gasteiger partial charge >= 0.3 is 17.9 Å². The molecule has 0 aromatic rings. The Morgan fingerprint density at radius 2 is 0.470 bits per heavy atom. The molecule has 0 amide bonds. The van der Waals surface area contributed by atoms with Crippen molar-refractivity contribution in [1.82, 2.24) is 0 Å². The maximum absolute atomic E-state index is 12.9. The number of hydrogen-bond donors (Lipinski definition) is 0. The summed E-state index contributed by atoms with van der Waals surface area (Å²) in [5.74, 6) is -0.937. The van der Waals surface area contributed by atoms with Crippen LogP contribution in [0.4, 0.5) is 0 Å². The average molecular weight is 1150 g/mol. The first kappa shape index (κ1) is 78.3. The average Bonchev–Trinajstić information content (AvgIpc) is 3.49. The SMILES string of the molecule is CC/C=C\C/C=C\C/C=C\C/C=C\C/C=C\C/C=C\C/C=C\C/C=C\CCCCCCC(=O)OCC(COC(=O)CCCCCCCCC/C=C\CCCCCCCC)OC(=O)CCCCCCCC/C=C\C/C=C\C/C=C\CCCCC. The molecule has 0 aromatic heterocycles. The Morgan fingerprint density at radius 1 is 0.253 bits per heavy atom. The number of unbranched alkanes of at least 4 members (excludes halogenated alkanes) is 26. The Kier molecular flexibility index (Phi) is 65.8. The summed E-state index contributed by atoms with van der Waals surface area (Å²) in [6, 6.07) is 0. The van der Waals surface area contributed by atoms with E-state index in [1.807, 2.05) is 0 Å². The van der Waals surface area contributed by atoms with Crippen LogP contribution >= 0.6 is 0 Å². The van der Waals surface area contributed by atoms with Gasteiger partial charge in [0.25, 0.3) is 0 Å². The van der Waals surface area contributed by atoms with E-state index in [1.165, 1.54) is 116 Å². The zero-order valence-electron chi connectivity index (χ0n) is 53.9. The lowest BCUT2D eigenvalue weighted by Gasteiger charge is -2.18. The van der Waals surface area contributed by atoms with Gasteiger partial charge in [0.15, 0.2) is 6.10 Å². The van der Waals surface area contributed by atoms with E-state index in [1.54, 1.807) is 0 Å². The molecule has 0 aliphatic heterocycles. The molecule has 0 saturated carbocycles. The van der Waals surface area contributed by atoms with Crippen LogP contribution in [-0.2, 0) is 28.6 Å². The van der Waals surface area contributed by atoms with Crippen LogP contribution in [0.3, 0.4) is 0 Å². The Bertz CT molecular complexity index is 1800. The molecule has 0 saturated heterocycles. The molecule has 0 bridgehead atoms. The number of carbonyl (C=O) groups is 3. The summed E-state index contributed by atoms with van der Waals surface area (Å²) in [7, 11) is 0. The van der Waals surface area contributed by atoms with Crippen LogP contribution in [0.1, 0.15) is 303 Å². The van der Waals surface area contributed by atoms with Crippen LogP contribution in [0, 0.1) is 0 Å². The van der Waals surface area contributed by atoms with E-state index >= 15 is 0 Å². The molecular formula is C77H126O6. The monoisotopic (exact) mass is 1150 g/mol. The molecule has 0 aliphatic carbocycles. The summed E-state index contributed by atoms with van der Waals surface area (Å²) in [4.78, 5) is 38.4. The molecule has 0 aliphatic rings. The topological polar surface area (TPSA) is 78.9 Å². The van der Waals surface area contributed by atoms with Crippen molar-refractivity contribution in [2.45, 2.75) is 309 Å². The van der Waals surface area contributed by atoms with Crippen LogP contribution < -0.4 is 0 Å². The minimum Gasteiger partial charge on any atom is -0.462 e. The Balaban J connectivity index is 4.46. The first-order valence-electron chi connectivity index (χ1n) is 34.3. The minimum atomic E-state index is -0.806. The fraction of sp³-hybridized carbons (Fsp3) is 0.649. The van der Waals surface area contributed by atoms with Crippen molar-refractivity contribution in [3.8, 4) is 0 Å². The van der Waals surface area contributed by atoms with Gasteiger partial charge in [0.2, 0.25) is 0 Å². The van der Waals surface area contributed by atoms with Crippen molar-refractivity contribution in [3.05, 3.63) is 146 Å². The molecule has 0 spiro atoms. The van der Waals surface area contributed by atoms with Crippen LogP contribution in [0.15, 0.2) is 146 Å². The molecule has 1 unspecified atom stereocenters. The Morgan fingerprint density at radius 3 is 0.771 bits per heavy atom. The summed E-state index contributed by atoms with van der Waals surface area (Å²) >= 11 is 0. The number of carbonyl (C=O) groups excluding carboxylic acids is 3. The fourth-order valence-corrected chi connectivity index (χ4v) is 9.17. The van der Waals surface area contributed by atoms with E-state index in [-0.39, 0.29) is 31.1 Å². The van der Waals surface area contributed by atoms with Gasteiger partial charge in [-0.15, -0.1) is 0 Å². The van der Waals surface area contributed by atoms with Gasteiger partial charge < -0.3 is 14.2 Å². The highest BCUT2D eigenvalue weighted by Crippen LogP contribution is 2.15. The number of hydrogen-bond acceptors (Lipinski definition) is 6. The van der Waals surface area contributed by atoms with Gasteiger partial charge in [-0.25, -0.2) is 0 Å². The van der Waals surface area contributed by atoms with Gasteiger partial charge in [-0.2, -0.15) is 0 Å². The third kappa shape index (κ3) is 68.0. The molecule has 1 atom stereocenters. The third-order valence-corrected chi connectivity index (χ3v) is 14.3. The molecule has 6 heteroatoms. The van der Waals surface area contributed by atoms with E-state index < -0.39 is 6.10 Å². The van der Waals surface area contributed by atoms with Gasteiger partial charge in [-0.3, -0.25) is 14.4 Å². The second-order valence-corrected chi connectivity index (χ2v) is 22.3. The second kappa shape index (κ2) is 69.8. The molecule has 0 rings (SSSR count). The summed E-state index contributed by atoms with van der Waals surface area (Å²) in [6.45, 7) is 6.47. The molecule has 0 N–H and O–H groups in total. The summed E-state index contributed by atoms with van der Waals surface area (Å²) in [5, 5.41) is 0. The van der Waals surface area contributed by atoms with Crippen LogP contribution in [-0.4, -0.2) is 37.2 Å². The maximum Gasteiger partial charge on any atom is 0.306 e. The third-order valence-electron chi connectivity index (χ3n) is 14.3. The zero-order chi connectivity index (χ0) is 59.9. The van der Waals surface area contributed by atoms with E-state index in [0.29, 0.717) is 19.3 Å². The van der Waals surface area contributed by atoms with Crippen molar-refractivity contribution in [2.75, 3.05) is 13.2 Å². The van der Waals surface area contributed by atoms with Crippen molar-refractivity contribution >= 4 is 17.9 Å². The Labute approximate surface area is 512 Å². The van der Waals surface area contributed by atoms with Crippen LogP contribution in [0.25, 0.3) is 0 Å². The van der Waals surface area contributed by atoms with Gasteiger partial charge in [0, 0.05) is 19.3 Å². The molecular weight excluding hydrogens is 1020 g/mol. The largest absolute Gasteiger partial charge is 0.462 e. The van der Waals surface area contributed by atoms with Crippen molar-refractivity contribution in [2.24, 2.45) is 0 Å². The smallest absolute Gasteiger partial charge is 0.306 e. The molecule has 0 aromatic carbocycles. The first-order chi connectivity index (χ1) is 41.0. The lowest BCUT2D eigenvalue weighted by molar-refractivity contribution is -0.167. The minimum absolute atomic E-state index is 0.0979. The lowest BCUT2D eigenvalue weighted by Crippen LogP contribution is -2.30. The molecule has 470 valence electrons. The molecule has 0 heterocycles. The van der Waals surface area contributed by atoms with Crippen molar-refractivity contribution in [1.29, 1.82) is 0 Å². The maximum atomic E-state index is 12.9. The first-order valence-corrected chi connectivity index (χ1v) is 34.3. The molecule has 0 fully saturated rings. The highest BCUT2D eigenvalue weighted by Gasteiger charge is 2.19. The summed E-state index contributed by atoms with van der Waals surface area (Å²) < 4.78 is 16.9. The highest BCUT2D eigenvalue weighted by molar-refractivity contribution is 5.71. The quantitative estimate of drug-likeness (QED) is 0.0261. The van der Waals surface area contributed by atoms with E-state index in [2.05, 4.69) is 167 Å². The van der Waals surface area contributed by atoms with Crippen molar-refractivity contribution < 1.29 is 28.6 Å².